The zero-order valence-electron chi connectivity index (χ0n) is 8.48. The summed E-state index contributed by atoms with van der Waals surface area (Å²) < 4.78 is 0. The molecule has 0 atom stereocenters. The first-order valence-electron chi connectivity index (χ1n) is 4.34. The van der Waals surface area contributed by atoms with Crippen LogP contribution in [0.5, 0.6) is 11.5 Å². The van der Waals surface area contributed by atoms with E-state index in [1.165, 1.54) is 25.1 Å². The van der Waals surface area contributed by atoms with E-state index in [2.05, 4.69) is 10.5 Å². The fraction of sp³-hybridized carbons (Fsp3) is 0.200. The van der Waals surface area contributed by atoms with Crippen molar-refractivity contribution in [2.75, 3.05) is 0 Å². The third kappa shape index (κ3) is 2.98. The molecule has 0 aliphatic heterocycles. The molecule has 1 amide bonds. The van der Waals surface area contributed by atoms with Gasteiger partial charge in [-0.2, -0.15) is 5.10 Å². The van der Waals surface area contributed by atoms with Crippen LogP contribution in [0, 0.1) is 0 Å². The van der Waals surface area contributed by atoms with Gasteiger partial charge in [-0.3, -0.25) is 4.79 Å². The van der Waals surface area contributed by atoms with Crippen molar-refractivity contribution in [1.29, 1.82) is 0 Å². The zero-order valence-corrected chi connectivity index (χ0v) is 8.48. The number of hydrazone groups is 1. The van der Waals surface area contributed by atoms with Crippen LogP contribution < -0.4 is 5.43 Å². The molecule has 15 heavy (non-hydrogen) atoms. The van der Waals surface area contributed by atoms with Crippen molar-refractivity contribution in [3.05, 3.63) is 23.8 Å². The first kappa shape index (κ1) is 11.0. The van der Waals surface area contributed by atoms with Crippen molar-refractivity contribution in [2.45, 2.75) is 13.8 Å². The van der Waals surface area contributed by atoms with E-state index in [4.69, 9.17) is 0 Å². The van der Waals surface area contributed by atoms with E-state index in [-0.39, 0.29) is 17.4 Å². The molecule has 0 fully saturated rings. The van der Waals surface area contributed by atoms with Gasteiger partial charge in [-0.05, 0) is 25.1 Å². The van der Waals surface area contributed by atoms with Crippen LogP contribution in [-0.2, 0) is 4.79 Å². The van der Waals surface area contributed by atoms with E-state index in [1.807, 2.05) is 0 Å². The maximum atomic E-state index is 10.6. The van der Waals surface area contributed by atoms with Gasteiger partial charge in [0.1, 0.15) is 11.5 Å². The van der Waals surface area contributed by atoms with Crippen LogP contribution in [0.3, 0.4) is 0 Å². The Morgan fingerprint density at radius 1 is 1.33 bits per heavy atom. The van der Waals surface area contributed by atoms with Gasteiger partial charge in [0.15, 0.2) is 0 Å². The number of hydrogen-bond acceptors (Lipinski definition) is 4. The molecular formula is C10H12N2O3. The van der Waals surface area contributed by atoms with Crippen molar-refractivity contribution in [3.8, 4) is 11.5 Å². The molecule has 0 saturated heterocycles. The number of rotatable bonds is 2. The average molecular weight is 208 g/mol. The number of nitrogens with one attached hydrogen (secondary N) is 1. The molecule has 0 radical (unpaired) electrons. The highest BCUT2D eigenvalue weighted by Gasteiger charge is 2.05. The fourth-order valence-electron chi connectivity index (χ4n) is 1.04. The second-order valence-electron chi connectivity index (χ2n) is 3.07. The van der Waals surface area contributed by atoms with Crippen LogP contribution in [0.25, 0.3) is 0 Å². The first-order valence-corrected chi connectivity index (χ1v) is 4.34. The summed E-state index contributed by atoms with van der Waals surface area (Å²) in [6.45, 7) is 2.95. The highest BCUT2D eigenvalue weighted by atomic mass is 16.3. The summed E-state index contributed by atoms with van der Waals surface area (Å²) in [6, 6.07) is 4.10. The van der Waals surface area contributed by atoms with Crippen LogP contribution in [0.1, 0.15) is 19.4 Å². The highest BCUT2D eigenvalue weighted by molar-refractivity contribution is 6.01. The Bertz CT molecular complexity index is 413. The lowest BCUT2D eigenvalue weighted by Crippen LogP contribution is -2.15. The molecule has 0 bridgehead atoms. The summed E-state index contributed by atoms with van der Waals surface area (Å²) in [4.78, 5) is 10.6. The average Bonchev–Trinajstić information content (AvgIpc) is 2.18. The molecule has 0 aliphatic rings. The minimum atomic E-state index is -0.297. The Morgan fingerprint density at radius 2 is 2.00 bits per heavy atom. The molecular weight excluding hydrogens is 196 g/mol. The maximum Gasteiger partial charge on any atom is 0.236 e. The summed E-state index contributed by atoms with van der Waals surface area (Å²) in [6.07, 6.45) is 0. The smallest absolute Gasteiger partial charge is 0.236 e. The Hall–Kier alpha value is -2.04. The Morgan fingerprint density at radius 3 is 2.60 bits per heavy atom. The normalized spacial score (nSPS) is 11.2. The van der Waals surface area contributed by atoms with E-state index < -0.39 is 0 Å². The van der Waals surface area contributed by atoms with Gasteiger partial charge in [-0.1, -0.05) is 0 Å². The second-order valence-corrected chi connectivity index (χ2v) is 3.07. The first-order chi connectivity index (χ1) is 7.00. The molecule has 1 rings (SSSR count). The van der Waals surface area contributed by atoms with Crippen LogP contribution in [-0.4, -0.2) is 21.8 Å². The topological polar surface area (TPSA) is 81.9 Å². The van der Waals surface area contributed by atoms with Crippen molar-refractivity contribution < 1.29 is 15.0 Å². The van der Waals surface area contributed by atoms with E-state index >= 15 is 0 Å². The molecule has 0 unspecified atom stereocenters. The molecule has 0 heterocycles. The van der Waals surface area contributed by atoms with Gasteiger partial charge in [0, 0.05) is 12.5 Å². The molecule has 5 heteroatoms. The van der Waals surface area contributed by atoms with E-state index in [0.29, 0.717) is 11.3 Å². The highest BCUT2D eigenvalue weighted by Crippen LogP contribution is 2.22. The molecule has 1 aromatic carbocycles. The number of aromatic hydroxyl groups is 2. The molecule has 3 N–H and O–H groups in total. The monoisotopic (exact) mass is 208 g/mol. The largest absolute Gasteiger partial charge is 0.508 e. The van der Waals surface area contributed by atoms with Gasteiger partial charge in [0.2, 0.25) is 5.91 Å². The van der Waals surface area contributed by atoms with Gasteiger partial charge in [-0.25, -0.2) is 5.43 Å². The SMILES string of the molecule is CC(=O)N/N=C(/C)c1cc(O)ccc1O. The predicted molar refractivity (Wildman–Crippen MR) is 55.8 cm³/mol. The molecule has 5 nitrogen and oxygen atoms in total. The van der Waals surface area contributed by atoms with Crippen molar-refractivity contribution >= 4 is 11.6 Å². The maximum absolute atomic E-state index is 10.6. The third-order valence-electron chi connectivity index (χ3n) is 1.75. The number of phenols is 2. The third-order valence-corrected chi connectivity index (χ3v) is 1.75. The van der Waals surface area contributed by atoms with Crippen LogP contribution in [0.4, 0.5) is 0 Å². The number of benzene rings is 1. The Kier molecular flexibility index (Phi) is 3.28. The molecule has 0 saturated carbocycles. The quantitative estimate of drug-likeness (QED) is 0.384. The second kappa shape index (κ2) is 4.45. The van der Waals surface area contributed by atoms with Gasteiger partial charge in [-0.15, -0.1) is 0 Å². The van der Waals surface area contributed by atoms with Crippen molar-refractivity contribution in [2.24, 2.45) is 5.10 Å². The lowest BCUT2D eigenvalue weighted by atomic mass is 10.1. The molecule has 0 spiro atoms. The van der Waals surface area contributed by atoms with Crippen LogP contribution in [0.15, 0.2) is 23.3 Å². The summed E-state index contributed by atoms with van der Waals surface area (Å²) in [5.41, 5.74) is 3.04. The van der Waals surface area contributed by atoms with Gasteiger partial charge in [0.05, 0.1) is 5.71 Å². The summed E-state index contributed by atoms with van der Waals surface area (Å²) in [5, 5.41) is 22.4. The number of hydrogen-bond donors (Lipinski definition) is 3. The summed E-state index contributed by atoms with van der Waals surface area (Å²) in [5.74, 6) is -0.270. The van der Waals surface area contributed by atoms with Gasteiger partial charge >= 0.3 is 0 Å². The lowest BCUT2D eigenvalue weighted by molar-refractivity contribution is -0.118. The van der Waals surface area contributed by atoms with Crippen LogP contribution in [0.2, 0.25) is 0 Å². The zero-order chi connectivity index (χ0) is 11.4. The number of nitrogens with zero attached hydrogens (tertiary/aromatic N) is 1. The van der Waals surface area contributed by atoms with E-state index in [9.17, 15) is 15.0 Å². The molecule has 0 aromatic heterocycles. The van der Waals surface area contributed by atoms with Crippen molar-refractivity contribution in [3.63, 3.8) is 0 Å². The molecule has 80 valence electrons. The van der Waals surface area contributed by atoms with Gasteiger partial charge < -0.3 is 10.2 Å². The number of amides is 1. The Labute approximate surface area is 87.1 Å². The standard InChI is InChI=1S/C10H12N2O3/c1-6(11-12-7(2)13)9-5-8(14)3-4-10(9)15/h3-5,14-15H,1-2H3,(H,12,13)/b11-6-. The molecule has 0 aliphatic carbocycles. The Balaban J connectivity index is 2.99. The fourth-order valence-corrected chi connectivity index (χ4v) is 1.04. The van der Waals surface area contributed by atoms with Gasteiger partial charge in [0.25, 0.3) is 0 Å². The minimum absolute atomic E-state index is 0.000554. The van der Waals surface area contributed by atoms with Crippen LogP contribution >= 0.6 is 0 Å². The number of phenolic OH excluding ortho intramolecular Hbond substituents is 2. The lowest BCUT2D eigenvalue weighted by Gasteiger charge is -2.04. The van der Waals surface area contributed by atoms with Crippen molar-refractivity contribution in [1.82, 2.24) is 5.43 Å². The minimum Gasteiger partial charge on any atom is -0.508 e. The van der Waals surface area contributed by atoms with E-state index in [1.54, 1.807) is 6.92 Å². The summed E-state index contributed by atoms with van der Waals surface area (Å²) in [7, 11) is 0. The van der Waals surface area contributed by atoms with E-state index in [0.717, 1.165) is 0 Å². The summed E-state index contributed by atoms with van der Waals surface area (Å²) >= 11 is 0. The number of carbonyl (C=O) groups is 1. The predicted octanol–water partition coefficient (Wildman–Crippen LogP) is 0.958. The number of carbonyl (C=O) groups excluding carboxylic acids is 1. The molecule has 1 aromatic rings.